The molecule has 4 aromatic rings. The monoisotopic (exact) mass is 647 g/mol. The fourth-order valence-electron chi connectivity index (χ4n) is 3.61. The highest BCUT2D eigenvalue weighted by atomic mass is 127. The van der Waals surface area contributed by atoms with Crippen LogP contribution in [0.5, 0.6) is 0 Å². The lowest BCUT2D eigenvalue weighted by Gasteiger charge is -2.12. The van der Waals surface area contributed by atoms with Gasteiger partial charge in [0.1, 0.15) is 5.70 Å². The molecular formula is C31H26IN3O3S. The van der Waals surface area contributed by atoms with Gasteiger partial charge in [-0.05, 0) is 95.8 Å². The lowest BCUT2D eigenvalue weighted by Crippen LogP contribution is -2.30. The van der Waals surface area contributed by atoms with E-state index in [0.29, 0.717) is 11.3 Å². The highest BCUT2D eigenvalue weighted by Gasteiger charge is 2.15. The lowest BCUT2D eigenvalue weighted by atomic mass is 10.1. The van der Waals surface area contributed by atoms with Gasteiger partial charge in [-0.1, -0.05) is 54.1 Å². The molecule has 0 aromatic heterocycles. The van der Waals surface area contributed by atoms with E-state index in [2.05, 4.69) is 38.5 Å². The molecule has 0 heterocycles. The van der Waals surface area contributed by atoms with Crippen LogP contribution in [-0.4, -0.2) is 23.5 Å². The van der Waals surface area contributed by atoms with Gasteiger partial charge < -0.3 is 16.0 Å². The van der Waals surface area contributed by atoms with E-state index >= 15 is 0 Å². The summed E-state index contributed by atoms with van der Waals surface area (Å²) >= 11 is 3.58. The largest absolute Gasteiger partial charge is 0.325 e. The maximum absolute atomic E-state index is 13.3. The van der Waals surface area contributed by atoms with Crippen LogP contribution in [-0.2, 0) is 9.59 Å². The molecule has 4 rings (SSSR count). The topological polar surface area (TPSA) is 87.3 Å². The molecule has 3 N–H and O–H groups in total. The predicted molar refractivity (Wildman–Crippen MR) is 167 cm³/mol. The van der Waals surface area contributed by atoms with Gasteiger partial charge in [0.05, 0.1) is 5.75 Å². The zero-order valence-corrected chi connectivity index (χ0v) is 24.1. The molecule has 0 atom stereocenters. The van der Waals surface area contributed by atoms with E-state index in [0.717, 1.165) is 25.3 Å². The molecule has 6 nitrogen and oxygen atoms in total. The van der Waals surface area contributed by atoms with Crippen molar-refractivity contribution < 1.29 is 14.4 Å². The standard InChI is InChI=1S/C31H26IN3O3S/c1-21-7-5-8-22(17-21)18-28(35-30(37)23-9-3-2-4-10-23)31(38)34-26-11-6-12-27(19-26)39-20-29(36)33-25-15-13-24(32)14-16-25/h2-19H,20H2,1H3,(H,33,36)(H,34,38)(H,35,37)/b28-18+. The Bertz CT molecular complexity index is 1510. The normalized spacial score (nSPS) is 11.0. The number of nitrogens with one attached hydrogen (secondary N) is 3. The van der Waals surface area contributed by atoms with Gasteiger partial charge in [0, 0.05) is 25.4 Å². The number of anilines is 2. The van der Waals surface area contributed by atoms with E-state index in [1.165, 1.54) is 11.8 Å². The van der Waals surface area contributed by atoms with Crippen molar-refractivity contribution in [2.75, 3.05) is 16.4 Å². The van der Waals surface area contributed by atoms with Crippen molar-refractivity contribution in [3.05, 3.63) is 129 Å². The molecule has 4 aromatic carbocycles. The molecule has 196 valence electrons. The number of benzene rings is 4. The highest BCUT2D eigenvalue weighted by molar-refractivity contribution is 14.1. The molecule has 0 radical (unpaired) electrons. The first-order valence-corrected chi connectivity index (χ1v) is 14.2. The summed E-state index contributed by atoms with van der Waals surface area (Å²) in [5.74, 6) is -0.746. The number of amides is 3. The Hall–Kier alpha value is -3.89. The van der Waals surface area contributed by atoms with Crippen LogP contribution in [0, 0.1) is 10.5 Å². The number of halogens is 1. The minimum Gasteiger partial charge on any atom is -0.325 e. The van der Waals surface area contributed by atoms with Crippen LogP contribution in [0.2, 0.25) is 0 Å². The number of carbonyl (C=O) groups excluding carboxylic acids is 3. The summed E-state index contributed by atoms with van der Waals surface area (Å²) in [7, 11) is 0. The smallest absolute Gasteiger partial charge is 0.272 e. The third-order valence-electron chi connectivity index (χ3n) is 5.47. The second-order valence-electron chi connectivity index (χ2n) is 8.62. The first-order valence-electron chi connectivity index (χ1n) is 12.1. The number of carbonyl (C=O) groups is 3. The average Bonchev–Trinajstić information content (AvgIpc) is 2.93. The fraction of sp³-hybridized carbons (Fsp3) is 0.0645. The van der Waals surface area contributed by atoms with Crippen molar-refractivity contribution in [2.45, 2.75) is 11.8 Å². The molecule has 8 heteroatoms. The number of thioether (sulfide) groups is 1. The molecule has 0 fully saturated rings. The van der Waals surface area contributed by atoms with Gasteiger partial charge in [0.2, 0.25) is 5.91 Å². The highest BCUT2D eigenvalue weighted by Crippen LogP contribution is 2.23. The van der Waals surface area contributed by atoms with E-state index in [1.54, 1.807) is 42.5 Å². The number of aryl methyl sites for hydroxylation is 1. The van der Waals surface area contributed by atoms with Gasteiger partial charge in [-0.3, -0.25) is 14.4 Å². The third kappa shape index (κ3) is 8.83. The summed E-state index contributed by atoms with van der Waals surface area (Å²) < 4.78 is 1.09. The van der Waals surface area contributed by atoms with Crippen LogP contribution < -0.4 is 16.0 Å². The third-order valence-corrected chi connectivity index (χ3v) is 7.18. The van der Waals surface area contributed by atoms with Crippen molar-refractivity contribution in [1.82, 2.24) is 5.32 Å². The summed E-state index contributed by atoms with van der Waals surface area (Å²) in [6, 6.07) is 31.2. The number of hydrogen-bond donors (Lipinski definition) is 3. The van der Waals surface area contributed by atoms with Crippen LogP contribution >= 0.6 is 34.4 Å². The van der Waals surface area contributed by atoms with E-state index in [9.17, 15) is 14.4 Å². The Labute approximate surface area is 245 Å². The van der Waals surface area contributed by atoms with Crippen LogP contribution in [0.4, 0.5) is 11.4 Å². The van der Waals surface area contributed by atoms with E-state index in [-0.39, 0.29) is 23.3 Å². The first-order chi connectivity index (χ1) is 18.9. The van der Waals surface area contributed by atoms with Gasteiger partial charge >= 0.3 is 0 Å². The molecular weight excluding hydrogens is 621 g/mol. The molecule has 0 spiro atoms. The Morgan fingerprint density at radius 3 is 2.28 bits per heavy atom. The van der Waals surface area contributed by atoms with E-state index < -0.39 is 5.91 Å². The van der Waals surface area contributed by atoms with Gasteiger partial charge in [0.25, 0.3) is 11.8 Å². The molecule has 39 heavy (non-hydrogen) atoms. The van der Waals surface area contributed by atoms with Gasteiger partial charge in [-0.2, -0.15) is 0 Å². The summed E-state index contributed by atoms with van der Waals surface area (Å²) in [6.45, 7) is 1.96. The first kappa shape index (κ1) is 28.1. The Morgan fingerprint density at radius 2 is 1.54 bits per heavy atom. The van der Waals surface area contributed by atoms with E-state index in [1.807, 2.05) is 73.7 Å². The average molecular weight is 648 g/mol. The van der Waals surface area contributed by atoms with Gasteiger partial charge in [-0.25, -0.2) is 0 Å². The minimum atomic E-state index is -0.459. The zero-order valence-electron chi connectivity index (χ0n) is 21.1. The zero-order chi connectivity index (χ0) is 27.6. The summed E-state index contributed by atoms with van der Waals surface area (Å²) in [4.78, 5) is 39.4. The molecule has 0 bridgehead atoms. The van der Waals surface area contributed by atoms with Crippen molar-refractivity contribution in [1.29, 1.82) is 0 Å². The van der Waals surface area contributed by atoms with Crippen molar-refractivity contribution in [3.63, 3.8) is 0 Å². The fourth-order valence-corrected chi connectivity index (χ4v) is 4.72. The molecule has 3 amide bonds. The number of hydrogen-bond acceptors (Lipinski definition) is 4. The quantitative estimate of drug-likeness (QED) is 0.107. The maximum Gasteiger partial charge on any atom is 0.272 e. The summed E-state index contributed by atoms with van der Waals surface area (Å²) in [5, 5.41) is 8.50. The van der Waals surface area contributed by atoms with Crippen molar-refractivity contribution in [2.24, 2.45) is 0 Å². The Morgan fingerprint density at radius 1 is 0.795 bits per heavy atom. The van der Waals surface area contributed by atoms with Crippen molar-refractivity contribution >= 4 is 69.5 Å². The number of rotatable bonds is 9. The second-order valence-corrected chi connectivity index (χ2v) is 10.9. The minimum absolute atomic E-state index is 0.115. The molecule has 0 aliphatic heterocycles. The predicted octanol–water partition coefficient (Wildman–Crippen LogP) is 6.74. The van der Waals surface area contributed by atoms with Crippen LogP contribution in [0.3, 0.4) is 0 Å². The maximum atomic E-state index is 13.3. The van der Waals surface area contributed by atoms with Crippen molar-refractivity contribution in [3.8, 4) is 0 Å². The van der Waals surface area contributed by atoms with Gasteiger partial charge in [-0.15, -0.1) is 11.8 Å². The second kappa shape index (κ2) is 13.8. The molecule has 0 saturated carbocycles. The molecule has 0 aliphatic rings. The SMILES string of the molecule is Cc1cccc(/C=C(/NC(=O)c2ccccc2)C(=O)Nc2cccc(SCC(=O)Nc3ccc(I)cc3)c2)c1. The van der Waals surface area contributed by atoms with E-state index in [4.69, 9.17) is 0 Å². The van der Waals surface area contributed by atoms with Crippen LogP contribution in [0.15, 0.2) is 114 Å². The summed E-state index contributed by atoms with van der Waals surface area (Å²) in [5.41, 5.74) is 3.68. The van der Waals surface area contributed by atoms with Crippen LogP contribution in [0.1, 0.15) is 21.5 Å². The molecule has 0 aliphatic carbocycles. The van der Waals surface area contributed by atoms with Gasteiger partial charge in [0.15, 0.2) is 0 Å². The lowest BCUT2D eigenvalue weighted by molar-refractivity contribution is -0.114. The summed E-state index contributed by atoms with van der Waals surface area (Å²) in [6.07, 6.45) is 1.65. The Kier molecular flexibility index (Phi) is 9.93. The van der Waals surface area contributed by atoms with Crippen LogP contribution in [0.25, 0.3) is 6.08 Å². The molecule has 0 unspecified atom stereocenters. The Balaban J connectivity index is 1.45. The molecule has 0 saturated heterocycles.